The van der Waals surface area contributed by atoms with Crippen molar-refractivity contribution >= 4 is 18.0 Å². The number of rotatable bonds is 5. The van der Waals surface area contributed by atoms with Crippen LogP contribution in [0.25, 0.3) is 6.20 Å². The predicted octanol–water partition coefficient (Wildman–Crippen LogP) is 2.75. The highest BCUT2D eigenvalue weighted by Gasteiger charge is 2.23. The van der Waals surface area contributed by atoms with E-state index < -0.39 is 0 Å². The van der Waals surface area contributed by atoms with Gasteiger partial charge in [0, 0.05) is 35.8 Å². The van der Waals surface area contributed by atoms with Crippen molar-refractivity contribution in [1.82, 2.24) is 15.1 Å². The normalized spacial score (nSPS) is 24.8. The number of nitrogens with one attached hydrogen (secondary N) is 1. The summed E-state index contributed by atoms with van der Waals surface area (Å²) in [6, 6.07) is 0.658. The van der Waals surface area contributed by atoms with Crippen LogP contribution < -0.4 is 5.32 Å². The SMILES string of the molecule is C=Cn1cc(CNC2CCCCC2SC)cn1. The fraction of sp³-hybridized carbons (Fsp3) is 0.615. The zero-order valence-corrected chi connectivity index (χ0v) is 11.2. The molecule has 0 amide bonds. The third-order valence-corrected chi connectivity index (χ3v) is 4.59. The summed E-state index contributed by atoms with van der Waals surface area (Å²) >= 11 is 2.00. The molecule has 1 saturated carbocycles. The molecule has 2 unspecified atom stereocenters. The number of thioether (sulfide) groups is 1. The first-order valence-corrected chi connectivity index (χ1v) is 7.54. The van der Waals surface area contributed by atoms with Crippen LogP contribution in [0.4, 0.5) is 0 Å². The Morgan fingerprint density at radius 3 is 3.12 bits per heavy atom. The molecule has 0 bridgehead atoms. The molecule has 0 saturated heterocycles. The maximum atomic E-state index is 4.19. The first-order valence-electron chi connectivity index (χ1n) is 6.25. The fourth-order valence-corrected chi connectivity index (χ4v) is 3.39. The van der Waals surface area contributed by atoms with Gasteiger partial charge in [-0.2, -0.15) is 16.9 Å². The van der Waals surface area contributed by atoms with Gasteiger partial charge in [-0.05, 0) is 19.1 Å². The molecule has 4 heteroatoms. The Kier molecular flexibility index (Phi) is 4.68. The summed E-state index contributed by atoms with van der Waals surface area (Å²) in [6.45, 7) is 4.61. The van der Waals surface area contributed by atoms with Gasteiger partial charge in [0.25, 0.3) is 0 Å². The van der Waals surface area contributed by atoms with E-state index in [1.807, 2.05) is 24.2 Å². The third kappa shape index (κ3) is 3.36. The fourth-order valence-electron chi connectivity index (χ4n) is 2.43. The molecule has 17 heavy (non-hydrogen) atoms. The molecular formula is C13H21N3S. The van der Waals surface area contributed by atoms with Crippen molar-refractivity contribution < 1.29 is 0 Å². The van der Waals surface area contributed by atoms with Crippen LogP contribution in [0.2, 0.25) is 0 Å². The van der Waals surface area contributed by atoms with Gasteiger partial charge in [0.2, 0.25) is 0 Å². The molecule has 2 rings (SSSR count). The van der Waals surface area contributed by atoms with E-state index in [2.05, 4.69) is 23.3 Å². The van der Waals surface area contributed by atoms with Gasteiger partial charge in [-0.15, -0.1) is 0 Å². The second-order valence-electron chi connectivity index (χ2n) is 4.56. The molecule has 1 fully saturated rings. The molecule has 2 atom stereocenters. The van der Waals surface area contributed by atoms with E-state index in [4.69, 9.17) is 0 Å². The molecular weight excluding hydrogens is 230 g/mol. The molecule has 1 aromatic heterocycles. The quantitative estimate of drug-likeness (QED) is 0.872. The first-order chi connectivity index (χ1) is 8.33. The Labute approximate surface area is 108 Å². The zero-order chi connectivity index (χ0) is 12.1. The van der Waals surface area contributed by atoms with Gasteiger partial charge in [-0.1, -0.05) is 19.4 Å². The number of hydrogen-bond acceptors (Lipinski definition) is 3. The molecule has 1 aromatic rings. The Morgan fingerprint density at radius 2 is 2.41 bits per heavy atom. The summed E-state index contributed by atoms with van der Waals surface area (Å²) in [4.78, 5) is 0. The first kappa shape index (κ1) is 12.7. The lowest BCUT2D eigenvalue weighted by Gasteiger charge is -2.31. The van der Waals surface area contributed by atoms with E-state index in [0.717, 1.165) is 11.8 Å². The molecule has 1 heterocycles. The summed E-state index contributed by atoms with van der Waals surface area (Å²) in [6.07, 6.45) is 13.3. The zero-order valence-electron chi connectivity index (χ0n) is 10.4. The van der Waals surface area contributed by atoms with Crippen LogP contribution >= 0.6 is 11.8 Å². The second-order valence-corrected chi connectivity index (χ2v) is 5.63. The second kappa shape index (κ2) is 6.26. The van der Waals surface area contributed by atoms with Crippen molar-refractivity contribution in [3.05, 3.63) is 24.5 Å². The van der Waals surface area contributed by atoms with Crippen molar-refractivity contribution in [3.63, 3.8) is 0 Å². The molecule has 3 nitrogen and oxygen atoms in total. The summed E-state index contributed by atoms with van der Waals surface area (Å²) in [7, 11) is 0. The van der Waals surface area contributed by atoms with Crippen LogP contribution in [0, 0.1) is 0 Å². The molecule has 0 aliphatic heterocycles. The van der Waals surface area contributed by atoms with Gasteiger partial charge in [0.05, 0.1) is 6.20 Å². The van der Waals surface area contributed by atoms with Gasteiger partial charge >= 0.3 is 0 Å². The van der Waals surface area contributed by atoms with E-state index in [-0.39, 0.29) is 0 Å². The van der Waals surface area contributed by atoms with Crippen LogP contribution in [0.15, 0.2) is 19.0 Å². The molecule has 1 aliphatic carbocycles. The average Bonchev–Trinajstić information content (AvgIpc) is 2.84. The molecule has 0 aromatic carbocycles. The van der Waals surface area contributed by atoms with Crippen LogP contribution in [0.5, 0.6) is 0 Å². The lowest BCUT2D eigenvalue weighted by atomic mass is 9.95. The van der Waals surface area contributed by atoms with Gasteiger partial charge in [0.15, 0.2) is 0 Å². The summed E-state index contributed by atoms with van der Waals surface area (Å²) in [5, 5.41) is 8.63. The smallest absolute Gasteiger partial charge is 0.0538 e. The number of aromatic nitrogens is 2. The topological polar surface area (TPSA) is 29.9 Å². The van der Waals surface area contributed by atoms with Crippen molar-refractivity contribution in [2.75, 3.05) is 6.26 Å². The van der Waals surface area contributed by atoms with E-state index >= 15 is 0 Å². The van der Waals surface area contributed by atoms with Crippen molar-refractivity contribution in [3.8, 4) is 0 Å². The van der Waals surface area contributed by atoms with E-state index in [0.29, 0.717) is 6.04 Å². The van der Waals surface area contributed by atoms with Gasteiger partial charge in [0.1, 0.15) is 0 Å². The predicted molar refractivity (Wildman–Crippen MR) is 75.0 cm³/mol. The Bertz CT molecular complexity index is 361. The largest absolute Gasteiger partial charge is 0.309 e. The molecule has 94 valence electrons. The maximum Gasteiger partial charge on any atom is 0.0538 e. The Balaban J connectivity index is 1.85. The van der Waals surface area contributed by atoms with Crippen LogP contribution in [0.1, 0.15) is 31.2 Å². The summed E-state index contributed by atoms with van der Waals surface area (Å²) < 4.78 is 1.75. The minimum absolute atomic E-state index is 0.658. The van der Waals surface area contributed by atoms with Crippen LogP contribution in [0.3, 0.4) is 0 Å². The molecule has 0 radical (unpaired) electrons. The number of hydrogen-bond donors (Lipinski definition) is 1. The van der Waals surface area contributed by atoms with Crippen LogP contribution in [-0.4, -0.2) is 27.3 Å². The van der Waals surface area contributed by atoms with Crippen molar-refractivity contribution in [2.45, 2.75) is 43.5 Å². The van der Waals surface area contributed by atoms with E-state index in [9.17, 15) is 0 Å². The average molecular weight is 251 g/mol. The Morgan fingerprint density at radius 1 is 1.59 bits per heavy atom. The maximum absolute atomic E-state index is 4.19. The van der Waals surface area contributed by atoms with Gasteiger partial charge in [-0.3, -0.25) is 0 Å². The monoisotopic (exact) mass is 251 g/mol. The summed E-state index contributed by atoms with van der Waals surface area (Å²) in [5.41, 5.74) is 1.23. The summed E-state index contributed by atoms with van der Waals surface area (Å²) in [5.74, 6) is 0. The van der Waals surface area contributed by atoms with Gasteiger partial charge < -0.3 is 5.32 Å². The molecule has 0 spiro atoms. The number of nitrogens with zero attached hydrogens (tertiary/aromatic N) is 2. The van der Waals surface area contributed by atoms with Crippen LogP contribution in [-0.2, 0) is 6.54 Å². The molecule has 1 aliphatic rings. The highest BCUT2D eigenvalue weighted by atomic mass is 32.2. The minimum atomic E-state index is 0.658. The lowest BCUT2D eigenvalue weighted by Crippen LogP contribution is -2.39. The molecule has 1 N–H and O–H groups in total. The Hall–Kier alpha value is -0.740. The minimum Gasteiger partial charge on any atom is -0.309 e. The highest BCUT2D eigenvalue weighted by molar-refractivity contribution is 7.99. The van der Waals surface area contributed by atoms with Crippen molar-refractivity contribution in [2.24, 2.45) is 0 Å². The van der Waals surface area contributed by atoms with Crippen molar-refractivity contribution in [1.29, 1.82) is 0 Å². The van der Waals surface area contributed by atoms with E-state index in [1.165, 1.54) is 31.2 Å². The standard InChI is InChI=1S/C13H21N3S/c1-3-16-10-11(9-15-16)8-14-12-6-4-5-7-13(12)17-2/h3,9-10,12-14H,1,4-8H2,2H3. The lowest BCUT2D eigenvalue weighted by molar-refractivity contribution is 0.383. The highest BCUT2D eigenvalue weighted by Crippen LogP contribution is 2.27. The van der Waals surface area contributed by atoms with Gasteiger partial charge in [-0.25, -0.2) is 4.68 Å². The van der Waals surface area contributed by atoms with E-state index in [1.54, 1.807) is 10.9 Å². The third-order valence-electron chi connectivity index (χ3n) is 3.42.